The number of likely N-dealkylation sites (tertiary alicyclic amines) is 1. The van der Waals surface area contributed by atoms with E-state index in [0.29, 0.717) is 5.82 Å². The van der Waals surface area contributed by atoms with Crippen LogP contribution in [0.3, 0.4) is 0 Å². The molecule has 1 aromatic carbocycles. The van der Waals surface area contributed by atoms with Gasteiger partial charge in [-0.05, 0) is 44.6 Å². The van der Waals surface area contributed by atoms with Gasteiger partial charge in [0.05, 0.1) is 12.8 Å². The predicted octanol–water partition coefficient (Wildman–Crippen LogP) is 2.15. The van der Waals surface area contributed by atoms with Crippen LogP contribution in [0.2, 0.25) is 0 Å². The standard InChI is InChI=1S/C17H24N4O2/c1-20-8-4-5-13(11-20)23-15-7-6-12(9-16(15)22-3)14-10-17(18)21(2)19-14/h6-7,9-10,13H,4-5,8,11,18H2,1-3H3. The average molecular weight is 316 g/mol. The maximum atomic E-state index is 6.15. The number of aryl methyl sites for hydroxylation is 1. The summed E-state index contributed by atoms with van der Waals surface area (Å²) in [5.74, 6) is 2.13. The predicted molar refractivity (Wildman–Crippen MR) is 90.8 cm³/mol. The summed E-state index contributed by atoms with van der Waals surface area (Å²) >= 11 is 0. The third-order valence-electron chi connectivity index (χ3n) is 4.25. The highest BCUT2D eigenvalue weighted by molar-refractivity contribution is 5.66. The summed E-state index contributed by atoms with van der Waals surface area (Å²) in [6.45, 7) is 2.08. The highest BCUT2D eigenvalue weighted by atomic mass is 16.5. The molecule has 0 aliphatic carbocycles. The first-order valence-corrected chi connectivity index (χ1v) is 7.90. The first-order valence-electron chi connectivity index (χ1n) is 7.90. The van der Waals surface area contributed by atoms with Crippen molar-refractivity contribution in [2.75, 3.05) is 33.0 Å². The lowest BCUT2D eigenvalue weighted by molar-refractivity contribution is 0.101. The molecule has 2 heterocycles. The van der Waals surface area contributed by atoms with E-state index in [2.05, 4.69) is 17.0 Å². The van der Waals surface area contributed by atoms with Gasteiger partial charge in [-0.2, -0.15) is 5.10 Å². The molecule has 2 N–H and O–H groups in total. The Kier molecular flexibility index (Phi) is 4.43. The van der Waals surface area contributed by atoms with Crippen molar-refractivity contribution in [1.29, 1.82) is 0 Å². The van der Waals surface area contributed by atoms with Crippen molar-refractivity contribution >= 4 is 5.82 Å². The summed E-state index contributed by atoms with van der Waals surface area (Å²) in [5.41, 5.74) is 7.64. The zero-order chi connectivity index (χ0) is 16.4. The Balaban J connectivity index is 1.82. The molecule has 6 heteroatoms. The number of aromatic nitrogens is 2. The third kappa shape index (κ3) is 3.42. The molecule has 1 fully saturated rings. The summed E-state index contributed by atoms with van der Waals surface area (Å²) in [6.07, 6.45) is 2.44. The van der Waals surface area contributed by atoms with Crippen LogP contribution >= 0.6 is 0 Å². The average Bonchev–Trinajstić information content (AvgIpc) is 2.87. The van der Waals surface area contributed by atoms with Crippen molar-refractivity contribution < 1.29 is 9.47 Å². The van der Waals surface area contributed by atoms with Crippen LogP contribution in [0.5, 0.6) is 11.5 Å². The van der Waals surface area contributed by atoms with Gasteiger partial charge in [-0.3, -0.25) is 4.68 Å². The molecular weight excluding hydrogens is 292 g/mol. The number of benzene rings is 1. The van der Waals surface area contributed by atoms with Crippen LogP contribution in [0.4, 0.5) is 5.82 Å². The molecular formula is C17H24N4O2. The molecule has 1 atom stereocenters. The van der Waals surface area contributed by atoms with Gasteiger partial charge in [-0.15, -0.1) is 0 Å². The van der Waals surface area contributed by atoms with Gasteiger partial charge in [-0.1, -0.05) is 0 Å². The van der Waals surface area contributed by atoms with Crippen LogP contribution < -0.4 is 15.2 Å². The number of rotatable bonds is 4. The highest BCUT2D eigenvalue weighted by Crippen LogP contribution is 2.34. The number of methoxy groups -OCH3 is 1. The van der Waals surface area contributed by atoms with Crippen molar-refractivity contribution in [2.24, 2.45) is 7.05 Å². The normalized spacial score (nSPS) is 18.8. The molecule has 0 radical (unpaired) electrons. The summed E-state index contributed by atoms with van der Waals surface area (Å²) < 4.78 is 13.3. The molecule has 23 heavy (non-hydrogen) atoms. The minimum absolute atomic E-state index is 0.207. The van der Waals surface area contributed by atoms with Crippen LogP contribution in [0.25, 0.3) is 11.3 Å². The second-order valence-corrected chi connectivity index (χ2v) is 6.09. The van der Waals surface area contributed by atoms with Gasteiger partial charge in [0, 0.05) is 25.2 Å². The van der Waals surface area contributed by atoms with Crippen molar-refractivity contribution in [1.82, 2.24) is 14.7 Å². The Morgan fingerprint density at radius 2 is 2.04 bits per heavy atom. The largest absolute Gasteiger partial charge is 0.493 e. The fourth-order valence-corrected chi connectivity index (χ4v) is 2.94. The second kappa shape index (κ2) is 6.50. The summed E-state index contributed by atoms with van der Waals surface area (Å²) in [7, 11) is 5.61. The van der Waals surface area contributed by atoms with Gasteiger partial charge in [0.2, 0.25) is 0 Å². The van der Waals surface area contributed by atoms with Crippen LogP contribution in [-0.2, 0) is 7.05 Å². The minimum atomic E-state index is 0.207. The summed E-state index contributed by atoms with van der Waals surface area (Å²) in [5, 5.41) is 4.40. The zero-order valence-electron chi connectivity index (χ0n) is 14.0. The van der Waals surface area contributed by atoms with Crippen molar-refractivity contribution in [2.45, 2.75) is 18.9 Å². The fraction of sp³-hybridized carbons (Fsp3) is 0.471. The zero-order valence-corrected chi connectivity index (χ0v) is 14.0. The number of piperidine rings is 1. The third-order valence-corrected chi connectivity index (χ3v) is 4.25. The molecule has 3 rings (SSSR count). The number of ether oxygens (including phenoxy) is 2. The van der Waals surface area contributed by atoms with Crippen LogP contribution in [0, 0.1) is 0 Å². The maximum Gasteiger partial charge on any atom is 0.161 e. The quantitative estimate of drug-likeness (QED) is 0.936. The van der Waals surface area contributed by atoms with E-state index in [9.17, 15) is 0 Å². The molecule has 0 amide bonds. The van der Waals surface area contributed by atoms with E-state index in [1.54, 1.807) is 11.8 Å². The summed E-state index contributed by atoms with van der Waals surface area (Å²) in [4.78, 5) is 2.30. The van der Waals surface area contributed by atoms with E-state index in [0.717, 1.165) is 48.7 Å². The SMILES string of the molecule is COc1cc(-c2cc(N)n(C)n2)ccc1OC1CCCN(C)C1. The molecule has 0 spiro atoms. The lowest BCUT2D eigenvalue weighted by atomic mass is 10.1. The van der Waals surface area contributed by atoms with E-state index in [4.69, 9.17) is 15.2 Å². The molecule has 0 saturated carbocycles. The van der Waals surface area contributed by atoms with Gasteiger partial charge in [-0.25, -0.2) is 0 Å². The molecule has 0 bridgehead atoms. The van der Waals surface area contributed by atoms with Crippen molar-refractivity contribution in [3.8, 4) is 22.8 Å². The Morgan fingerprint density at radius 3 is 2.70 bits per heavy atom. The smallest absolute Gasteiger partial charge is 0.161 e. The van der Waals surface area contributed by atoms with Gasteiger partial charge >= 0.3 is 0 Å². The molecule has 124 valence electrons. The van der Waals surface area contributed by atoms with Crippen LogP contribution in [-0.4, -0.2) is 48.0 Å². The van der Waals surface area contributed by atoms with Gasteiger partial charge < -0.3 is 20.1 Å². The van der Waals surface area contributed by atoms with Crippen molar-refractivity contribution in [3.63, 3.8) is 0 Å². The van der Waals surface area contributed by atoms with Crippen molar-refractivity contribution in [3.05, 3.63) is 24.3 Å². The van der Waals surface area contributed by atoms with Crippen LogP contribution in [0.1, 0.15) is 12.8 Å². The molecule has 1 aliphatic rings. The highest BCUT2D eigenvalue weighted by Gasteiger charge is 2.20. The molecule has 1 aliphatic heterocycles. The van der Waals surface area contributed by atoms with Gasteiger partial charge in [0.25, 0.3) is 0 Å². The number of likely N-dealkylation sites (N-methyl/N-ethyl adjacent to an activating group) is 1. The lowest BCUT2D eigenvalue weighted by Crippen LogP contribution is -2.38. The molecule has 1 saturated heterocycles. The molecule has 1 aromatic heterocycles. The number of nitrogens with two attached hydrogens (primary N) is 1. The first-order chi connectivity index (χ1) is 11.1. The Labute approximate surface area is 136 Å². The Bertz CT molecular complexity index is 664. The van der Waals surface area contributed by atoms with Gasteiger partial charge in [0.1, 0.15) is 11.9 Å². The molecule has 2 aromatic rings. The number of nitrogen functional groups attached to an aromatic ring is 1. The topological polar surface area (TPSA) is 65.5 Å². The lowest BCUT2D eigenvalue weighted by Gasteiger charge is -2.30. The Morgan fingerprint density at radius 1 is 1.22 bits per heavy atom. The second-order valence-electron chi connectivity index (χ2n) is 6.09. The van der Waals surface area contributed by atoms with E-state index >= 15 is 0 Å². The number of nitrogens with zero attached hydrogens (tertiary/aromatic N) is 3. The van der Waals surface area contributed by atoms with E-state index in [1.165, 1.54) is 0 Å². The number of hydrogen-bond acceptors (Lipinski definition) is 5. The number of anilines is 1. The van der Waals surface area contributed by atoms with E-state index < -0.39 is 0 Å². The maximum absolute atomic E-state index is 6.15. The molecule has 6 nitrogen and oxygen atoms in total. The van der Waals surface area contributed by atoms with E-state index in [1.807, 2.05) is 31.3 Å². The monoisotopic (exact) mass is 316 g/mol. The fourth-order valence-electron chi connectivity index (χ4n) is 2.94. The number of hydrogen-bond donors (Lipinski definition) is 1. The first kappa shape index (κ1) is 15.7. The Hall–Kier alpha value is -2.21. The molecule has 1 unspecified atom stereocenters. The van der Waals surface area contributed by atoms with Gasteiger partial charge in [0.15, 0.2) is 11.5 Å². The van der Waals surface area contributed by atoms with E-state index in [-0.39, 0.29) is 6.10 Å². The van der Waals surface area contributed by atoms with Crippen LogP contribution in [0.15, 0.2) is 24.3 Å². The minimum Gasteiger partial charge on any atom is -0.493 e. The summed E-state index contributed by atoms with van der Waals surface area (Å²) in [6, 6.07) is 7.74.